The second kappa shape index (κ2) is 8.34. The zero-order chi connectivity index (χ0) is 16.7. The van der Waals surface area contributed by atoms with Gasteiger partial charge in [-0.05, 0) is 30.2 Å². The van der Waals surface area contributed by atoms with Gasteiger partial charge in [0.05, 0.1) is 0 Å². The third-order valence-corrected chi connectivity index (χ3v) is 3.56. The lowest BCUT2D eigenvalue weighted by Gasteiger charge is -2.05. The Morgan fingerprint density at radius 2 is 2.04 bits per heavy atom. The first-order valence-electron chi connectivity index (χ1n) is 7.13. The quantitative estimate of drug-likeness (QED) is 0.859. The maximum absolute atomic E-state index is 13.7. The zero-order valence-corrected chi connectivity index (χ0v) is 13.4. The van der Waals surface area contributed by atoms with E-state index in [4.69, 9.17) is 16.3 Å². The molecule has 2 aromatic rings. The van der Waals surface area contributed by atoms with Gasteiger partial charge in [-0.1, -0.05) is 54.1 Å². The molecule has 0 aliphatic carbocycles. The van der Waals surface area contributed by atoms with Crippen molar-refractivity contribution in [2.45, 2.75) is 13.5 Å². The van der Waals surface area contributed by atoms with Crippen molar-refractivity contribution in [2.24, 2.45) is 0 Å². The Bertz CT molecular complexity index is 702. The predicted molar refractivity (Wildman–Crippen MR) is 89.8 cm³/mol. The van der Waals surface area contributed by atoms with Crippen LogP contribution < -0.4 is 5.32 Å². The SMILES string of the molecule is Cc1cc(F)c(C=CCNC(=O)OCc2ccccc2)cc1Cl. The molecule has 0 aliphatic rings. The average molecular weight is 334 g/mol. The van der Waals surface area contributed by atoms with E-state index in [1.54, 1.807) is 25.1 Å². The summed E-state index contributed by atoms with van der Waals surface area (Å²) in [6.45, 7) is 2.18. The number of hydrogen-bond acceptors (Lipinski definition) is 2. The summed E-state index contributed by atoms with van der Waals surface area (Å²) >= 11 is 5.96. The lowest BCUT2D eigenvalue weighted by atomic mass is 10.1. The fourth-order valence-corrected chi connectivity index (χ4v) is 2.06. The molecule has 0 saturated heterocycles. The van der Waals surface area contributed by atoms with Gasteiger partial charge >= 0.3 is 6.09 Å². The Balaban J connectivity index is 1.78. The minimum Gasteiger partial charge on any atom is -0.445 e. The maximum atomic E-state index is 13.7. The molecule has 0 aromatic heterocycles. The van der Waals surface area contributed by atoms with Crippen molar-refractivity contribution in [2.75, 3.05) is 6.54 Å². The molecule has 120 valence electrons. The summed E-state index contributed by atoms with van der Waals surface area (Å²) in [6, 6.07) is 12.3. The first-order chi connectivity index (χ1) is 11.1. The van der Waals surface area contributed by atoms with Crippen LogP contribution in [0.2, 0.25) is 5.02 Å². The van der Waals surface area contributed by atoms with Crippen LogP contribution in [0.3, 0.4) is 0 Å². The van der Waals surface area contributed by atoms with Crippen molar-refractivity contribution in [1.82, 2.24) is 5.32 Å². The Morgan fingerprint density at radius 1 is 1.30 bits per heavy atom. The molecule has 23 heavy (non-hydrogen) atoms. The van der Waals surface area contributed by atoms with Crippen molar-refractivity contribution >= 4 is 23.8 Å². The van der Waals surface area contributed by atoms with Crippen molar-refractivity contribution < 1.29 is 13.9 Å². The molecule has 0 atom stereocenters. The van der Waals surface area contributed by atoms with Crippen LogP contribution in [0.25, 0.3) is 6.08 Å². The molecular formula is C18H17ClFNO2. The van der Waals surface area contributed by atoms with E-state index in [2.05, 4.69) is 5.32 Å². The molecule has 1 amide bonds. The van der Waals surface area contributed by atoms with E-state index in [0.717, 1.165) is 5.56 Å². The molecule has 1 N–H and O–H groups in total. The minimum atomic E-state index is -0.527. The van der Waals surface area contributed by atoms with E-state index >= 15 is 0 Å². The van der Waals surface area contributed by atoms with E-state index in [1.165, 1.54) is 6.07 Å². The van der Waals surface area contributed by atoms with E-state index in [9.17, 15) is 9.18 Å². The summed E-state index contributed by atoms with van der Waals surface area (Å²) in [6.07, 6.45) is 2.67. The second-order valence-electron chi connectivity index (χ2n) is 4.97. The van der Waals surface area contributed by atoms with Crippen molar-refractivity contribution in [3.63, 3.8) is 0 Å². The number of carbonyl (C=O) groups excluding carboxylic acids is 1. The number of rotatable bonds is 5. The lowest BCUT2D eigenvalue weighted by Crippen LogP contribution is -2.24. The average Bonchev–Trinajstić information content (AvgIpc) is 2.55. The third-order valence-electron chi connectivity index (χ3n) is 3.15. The largest absolute Gasteiger partial charge is 0.445 e. The number of hydrogen-bond donors (Lipinski definition) is 1. The van der Waals surface area contributed by atoms with Gasteiger partial charge in [0.2, 0.25) is 0 Å². The van der Waals surface area contributed by atoms with Crippen LogP contribution in [0.5, 0.6) is 0 Å². The van der Waals surface area contributed by atoms with Crippen LogP contribution in [0, 0.1) is 12.7 Å². The first kappa shape index (κ1) is 17.0. The standard InChI is InChI=1S/C18H17ClFNO2/c1-13-10-17(20)15(11-16(13)19)8-5-9-21-18(22)23-12-14-6-3-2-4-7-14/h2-8,10-11H,9,12H2,1H3,(H,21,22). The van der Waals surface area contributed by atoms with Gasteiger partial charge in [-0.2, -0.15) is 0 Å². The highest BCUT2D eigenvalue weighted by Crippen LogP contribution is 2.20. The van der Waals surface area contributed by atoms with Crippen LogP contribution in [0.1, 0.15) is 16.7 Å². The van der Waals surface area contributed by atoms with Crippen molar-refractivity contribution in [1.29, 1.82) is 0 Å². The number of amides is 1. The Hall–Kier alpha value is -2.33. The van der Waals surface area contributed by atoms with Crippen molar-refractivity contribution in [3.8, 4) is 0 Å². The van der Waals surface area contributed by atoms with Crippen molar-refractivity contribution in [3.05, 3.63) is 76.1 Å². The van der Waals surface area contributed by atoms with E-state index in [0.29, 0.717) is 16.1 Å². The molecule has 0 radical (unpaired) electrons. The van der Waals surface area contributed by atoms with Gasteiger partial charge in [-0.3, -0.25) is 0 Å². The Morgan fingerprint density at radius 3 is 2.78 bits per heavy atom. The molecule has 2 aromatic carbocycles. The summed E-state index contributed by atoms with van der Waals surface area (Å²) in [5, 5.41) is 3.07. The minimum absolute atomic E-state index is 0.207. The molecule has 0 unspecified atom stereocenters. The fraction of sp³-hybridized carbons (Fsp3) is 0.167. The second-order valence-corrected chi connectivity index (χ2v) is 5.38. The molecule has 0 fully saturated rings. The van der Waals surface area contributed by atoms with Gasteiger partial charge < -0.3 is 10.1 Å². The number of halogens is 2. The number of ether oxygens (including phenoxy) is 1. The predicted octanol–water partition coefficient (Wildman–Crippen LogP) is 4.73. The summed E-state index contributed by atoms with van der Waals surface area (Å²) in [4.78, 5) is 11.5. The van der Waals surface area contributed by atoms with Crippen LogP contribution in [0.4, 0.5) is 9.18 Å². The van der Waals surface area contributed by atoms with Gasteiger partial charge in [0.25, 0.3) is 0 Å². The highest BCUT2D eigenvalue weighted by atomic mass is 35.5. The summed E-state index contributed by atoms with van der Waals surface area (Å²) in [5.74, 6) is -0.352. The van der Waals surface area contributed by atoms with E-state index < -0.39 is 6.09 Å². The zero-order valence-electron chi connectivity index (χ0n) is 12.7. The molecule has 0 heterocycles. The number of aryl methyl sites for hydroxylation is 1. The topological polar surface area (TPSA) is 38.3 Å². The van der Waals surface area contributed by atoms with Gasteiger partial charge in [0.15, 0.2) is 0 Å². The molecule has 0 saturated carbocycles. The Kier molecular flexibility index (Phi) is 6.18. The molecule has 0 spiro atoms. The molecule has 0 bridgehead atoms. The third kappa shape index (κ3) is 5.42. The number of nitrogens with one attached hydrogen (secondary N) is 1. The molecular weight excluding hydrogens is 317 g/mol. The summed E-state index contributed by atoms with van der Waals surface area (Å²) in [5.41, 5.74) is 1.97. The van der Waals surface area contributed by atoms with Crippen LogP contribution in [-0.4, -0.2) is 12.6 Å². The van der Waals surface area contributed by atoms with E-state index in [-0.39, 0.29) is 19.0 Å². The van der Waals surface area contributed by atoms with Crippen LogP contribution in [0.15, 0.2) is 48.5 Å². The van der Waals surface area contributed by atoms with Gasteiger partial charge in [0, 0.05) is 17.1 Å². The fourth-order valence-electron chi connectivity index (χ4n) is 1.89. The summed E-state index contributed by atoms with van der Waals surface area (Å²) in [7, 11) is 0. The molecule has 3 nitrogen and oxygen atoms in total. The van der Waals surface area contributed by atoms with Gasteiger partial charge in [0.1, 0.15) is 12.4 Å². The molecule has 0 aliphatic heterocycles. The lowest BCUT2D eigenvalue weighted by molar-refractivity contribution is 0.141. The van der Waals surface area contributed by atoms with Crippen LogP contribution in [-0.2, 0) is 11.3 Å². The summed E-state index contributed by atoms with van der Waals surface area (Å²) < 4.78 is 18.8. The van der Waals surface area contributed by atoms with Crippen LogP contribution >= 0.6 is 11.6 Å². The number of carbonyl (C=O) groups is 1. The van der Waals surface area contributed by atoms with E-state index in [1.807, 2.05) is 30.3 Å². The first-order valence-corrected chi connectivity index (χ1v) is 7.51. The highest BCUT2D eigenvalue weighted by Gasteiger charge is 2.04. The monoisotopic (exact) mass is 333 g/mol. The Labute approximate surface area is 139 Å². The highest BCUT2D eigenvalue weighted by molar-refractivity contribution is 6.31. The van der Waals surface area contributed by atoms with Gasteiger partial charge in [-0.25, -0.2) is 9.18 Å². The molecule has 2 rings (SSSR count). The van der Waals surface area contributed by atoms with Gasteiger partial charge in [-0.15, -0.1) is 0 Å². The normalized spacial score (nSPS) is 10.7. The molecule has 5 heteroatoms. The number of alkyl carbamates (subject to hydrolysis) is 1. The number of benzene rings is 2. The maximum Gasteiger partial charge on any atom is 0.407 e. The smallest absolute Gasteiger partial charge is 0.407 e.